The molecule has 0 fully saturated rings. The Morgan fingerprint density at radius 2 is 1.92 bits per heavy atom. The van der Waals surface area contributed by atoms with E-state index in [-0.39, 0.29) is 5.54 Å². The Labute approximate surface area is 162 Å². The Bertz CT molecular complexity index is 614. The summed E-state index contributed by atoms with van der Waals surface area (Å²) in [5, 5.41) is 13.9. The van der Waals surface area contributed by atoms with E-state index in [0.717, 1.165) is 35.1 Å². The van der Waals surface area contributed by atoms with Gasteiger partial charge in [0.25, 0.3) is 0 Å². The van der Waals surface area contributed by atoms with E-state index in [1.807, 2.05) is 6.07 Å². The van der Waals surface area contributed by atoms with Gasteiger partial charge in [0.15, 0.2) is 0 Å². The summed E-state index contributed by atoms with van der Waals surface area (Å²) in [5.41, 5.74) is -0.0599. The molecule has 0 aromatic heterocycles. The van der Waals surface area contributed by atoms with Crippen molar-refractivity contribution in [2.45, 2.75) is 50.0 Å². The molecular weight excluding hydrogens is 372 g/mol. The van der Waals surface area contributed by atoms with Crippen LogP contribution in [0.15, 0.2) is 50.5 Å². The number of nitrogens with zero attached hydrogens (tertiary/aromatic N) is 2. The number of hydrogen-bond donors (Lipinski definition) is 0. The minimum Gasteiger partial charge on any atom is -0.259 e. The lowest BCUT2D eigenvalue weighted by Gasteiger charge is -2.26. The fourth-order valence-corrected chi connectivity index (χ4v) is 6.66. The molecule has 0 N–H and O–H groups in total. The number of nitriles is 1. The molecule has 0 amide bonds. The summed E-state index contributed by atoms with van der Waals surface area (Å²) in [6.07, 6.45) is 4.43. The van der Waals surface area contributed by atoms with Crippen molar-refractivity contribution in [2.24, 2.45) is 4.99 Å². The maximum absolute atomic E-state index is 8.71. The zero-order valence-electron chi connectivity index (χ0n) is 14.0. The highest BCUT2D eigenvalue weighted by molar-refractivity contribution is 8.43. The molecule has 2 rings (SSSR count). The number of thiocyanates is 1. The normalized spacial score (nSPS) is 17.7. The van der Waals surface area contributed by atoms with Crippen molar-refractivity contribution in [2.75, 3.05) is 5.08 Å². The molecule has 6 heteroatoms. The molecule has 0 unspecified atom stereocenters. The van der Waals surface area contributed by atoms with Gasteiger partial charge in [0.1, 0.15) is 9.78 Å². The molecule has 1 aromatic rings. The Hall–Kier alpha value is -0.480. The van der Waals surface area contributed by atoms with Gasteiger partial charge in [-0.2, -0.15) is 5.26 Å². The summed E-state index contributed by atoms with van der Waals surface area (Å²) in [4.78, 5) is 7.73. The van der Waals surface area contributed by atoms with Crippen molar-refractivity contribution >= 4 is 51.4 Å². The lowest BCUT2D eigenvalue weighted by Crippen LogP contribution is -2.24. The van der Waals surface area contributed by atoms with Crippen molar-refractivity contribution in [3.63, 3.8) is 0 Å². The molecule has 1 aliphatic rings. The average Bonchev–Trinajstić information content (AvgIpc) is 2.92. The van der Waals surface area contributed by atoms with Crippen molar-refractivity contribution in [1.29, 1.82) is 5.26 Å². The minimum atomic E-state index is -0.0599. The minimum absolute atomic E-state index is 0.0599. The van der Waals surface area contributed by atoms with Gasteiger partial charge in [-0.05, 0) is 42.1 Å². The lowest BCUT2D eigenvalue weighted by atomic mass is 9.89. The lowest BCUT2D eigenvalue weighted by molar-refractivity contribution is 0.443. The fourth-order valence-electron chi connectivity index (χ4n) is 2.67. The van der Waals surface area contributed by atoms with E-state index < -0.39 is 0 Å². The van der Waals surface area contributed by atoms with Gasteiger partial charge in [0.2, 0.25) is 0 Å². The fraction of sp³-hybridized carbons (Fsp3) is 0.444. The van der Waals surface area contributed by atoms with E-state index in [1.54, 1.807) is 35.3 Å². The SMILES string of the molecule is CCCC1(CCC)N=C(SCSC#N)S/C1=C/Sc1ccccc1. The summed E-state index contributed by atoms with van der Waals surface area (Å²) in [6.45, 7) is 4.46. The molecule has 0 aliphatic carbocycles. The van der Waals surface area contributed by atoms with Crippen LogP contribution in [0.4, 0.5) is 0 Å². The van der Waals surface area contributed by atoms with E-state index in [1.165, 1.54) is 21.6 Å². The standard InChI is InChI=1S/C18H22N2S4/c1-3-10-18(11-4-2)16(12-22-15-8-6-5-7-9-15)24-17(20-18)23-14-21-13-19/h5-9,12H,3-4,10-11,14H2,1-2H3/b16-12+. The molecule has 24 heavy (non-hydrogen) atoms. The van der Waals surface area contributed by atoms with Gasteiger partial charge in [-0.25, -0.2) is 0 Å². The number of rotatable bonds is 8. The first kappa shape index (κ1) is 19.8. The zero-order chi connectivity index (χ0) is 17.3. The van der Waals surface area contributed by atoms with Crippen LogP contribution in [0.3, 0.4) is 0 Å². The second kappa shape index (κ2) is 10.5. The van der Waals surface area contributed by atoms with E-state index in [0.29, 0.717) is 0 Å². The molecule has 1 aromatic carbocycles. The molecule has 128 valence electrons. The van der Waals surface area contributed by atoms with Crippen molar-refractivity contribution in [1.82, 2.24) is 0 Å². The molecule has 1 aliphatic heterocycles. The Balaban J connectivity index is 2.18. The summed E-state index contributed by atoms with van der Waals surface area (Å²) >= 11 is 6.55. The Kier molecular flexibility index (Phi) is 8.68. The molecule has 2 nitrogen and oxygen atoms in total. The first-order valence-corrected chi connectivity index (χ1v) is 11.7. The van der Waals surface area contributed by atoms with Gasteiger partial charge in [0, 0.05) is 9.80 Å². The van der Waals surface area contributed by atoms with Crippen molar-refractivity contribution in [3.8, 4) is 5.40 Å². The van der Waals surface area contributed by atoms with E-state index in [9.17, 15) is 0 Å². The third kappa shape index (κ3) is 5.52. The molecule has 0 spiro atoms. The van der Waals surface area contributed by atoms with Gasteiger partial charge in [0.05, 0.1) is 10.6 Å². The van der Waals surface area contributed by atoms with Gasteiger partial charge in [-0.15, -0.1) is 0 Å². The smallest absolute Gasteiger partial charge is 0.134 e. The Morgan fingerprint density at radius 1 is 1.21 bits per heavy atom. The van der Waals surface area contributed by atoms with E-state index >= 15 is 0 Å². The molecule has 0 saturated carbocycles. The summed E-state index contributed by atoms with van der Waals surface area (Å²) in [7, 11) is 0. The second-order valence-corrected chi connectivity index (χ2v) is 9.74. The highest BCUT2D eigenvalue weighted by Crippen LogP contribution is 2.49. The average molecular weight is 395 g/mol. The highest BCUT2D eigenvalue weighted by atomic mass is 32.2. The summed E-state index contributed by atoms with van der Waals surface area (Å²) in [6, 6.07) is 10.5. The monoisotopic (exact) mass is 394 g/mol. The number of benzene rings is 1. The first-order chi connectivity index (χ1) is 11.7. The highest BCUT2D eigenvalue weighted by Gasteiger charge is 2.39. The molecule has 0 radical (unpaired) electrons. The van der Waals surface area contributed by atoms with Crippen LogP contribution in [0.2, 0.25) is 0 Å². The predicted octanol–water partition coefficient (Wildman–Crippen LogP) is 6.97. The van der Waals surface area contributed by atoms with Crippen LogP contribution in [0.25, 0.3) is 0 Å². The second-order valence-electron chi connectivity index (χ2n) is 5.42. The van der Waals surface area contributed by atoms with Crippen LogP contribution >= 0.6 is 47.0 Å². The topological polar surface area (TPSA) is 36.1 Å². The molecule has 0 atom stereocenters. The number of hydrogen-bond acceptors (Lipinski definition) is 6. The third-order valence-electron chi connectivity index (χ3n) is 3.64. The van der Waals surface area contributed by atoms with Crippen LogP contribution in [-0.2, 0) is 0 Å². The summed E-state index contributed by atoms with van der Waals surface area (Å²) in [5.74, 6) is 0. The van der Waals surface area contributed by atoms with Crippen molar-refractivity contribution < 1.29 is 0 Å². The van der Waals surface area contributed by atoms with Gasteiger partial charge in [-0.1, -0.05) is 80.2 Å². The zero-order valence-corrected chi connectivity index (χ0v) is 17.3. The maximum atomic E-state index is 8.71. The quantitative estimate of drug-likeness (QED) is 0.206. The van der Waals surface area contributed by atoms with Crippen LogP contribution in [0.1, 0.15) is 39.5 Å². The van der Waals surface area contributed by atoms with Crippen molar-refractivity contribution in [3.05, 3.63) is 40.6 Å². The van der Waals surface area contributed by atoms with Gasteiger partial charge >= 0.3 is 0 Å². The number of aliphatic imine (C=N–C) groups is 1. The molecular formula is C18H22N2S4. The van der Waals surface area contributed by atoms with E-state index in [2.05, 4.69) is 48.9 Å². The number of thioether (sulfide) groups is 4. The predicted molar refractivity (Wildman–Crippen MR) is 114 cm³/mol. The molecule has 1 heterocycles. The van der Waals surface area contributed by atoms with Gasteiger partial charge < -0.3 is 0 Å². The largest absolute Gasteiger partial charge is 0.259 e. The third-order valence-corrected chi connectivity index (χ3v) is 7.68. The molecule has 0 saturated heterocycles. The molecule has 0 bridgehead atoms. The Morgan fingerprint density at radius 3 is 2.54 bits per heavy atom. The maximum Gasteiger partial charge on any atom is 0.134 e. The van der Waals surface area contributed by atoms with Crippen LogP contribution in [-0.4, -0.2) is 15.0 Å². The van der Waals surface area contributed by atoms with Gasteiger partial charge in [-0.3, -0.25) is 4.99 Å². The summed E-state index contributed by atoms with van der Waals surface area (Å²) < 4.78 is 1.11. The van der Waals surface area contributed by atoms with Crippen LogP contribution in [0.5, 0.6) is 0 Å². The van der Waals surface area contributed by atoms with E-state index in [4.69, 9.17) is 10.3 Å². The van der Waals surface area contributed by atoms with Crippen LogP contribution < -0.4 is 0 Å². The van der Waals surface area contributed by atoms with Crippen LogP contribution in [0, 0.1) is 10.7 Å². The first-order valence-electron chi connectivity index (χ1n) is 8.08.